The molecule has 0 bridgehead atoms. The van der Waals surface area contributed by atoms with Crippen molar-refractivity contribution in [2.75, 3.05) is 19.6 Å². The van der Waals surface area contributed by atoms with Crippen LogP contribution >= 0.6 is 0 Å². The summed E-state index contributed by atoms with van der Waals surface area (Å²) in [6, 6.07) is 3.64. The van der Waals surface area contributed by atoms with Gasteiger partial charge in [-0.3, -0.25) is 9.59 Å². The van der Waals surface area contributed by atoms with Gasteiger partial charge in [0.25, 0.3) is 5.91 Å². The first-order valence-electron chi connectivity index (χ1n) is 6.11. The molecule has 0 saturated heterocycles. The average Bonchev–Trinajstić information content (AvgIpc) is 2.43. The van der Waals surface area contributed by atoms with Crippen LogP contribution in [0.2, 0.25) is 0 Å². The Bertz CT molecular complexity index is 561. The highest BCUT2D eigenvalue weighted by molar-refractivity contribution is 5.98. The van der Waals surface area contributed by atoms with E-state index in [9.17, 15) is 14.0 Å². The summed E-state index contributed by atoms with van der Waals surface area (Å²) in [5.74, 6) is 3.92. The molecule has 0 heterocycles. The van der Waals surface area contributed by atoms with Gasteiger partial charge in [0, 0.05) is 12.1 Å². The molecule has 0 radical (unpaired) electrons. The monoisotopic (exact) mass is 277 g/mol. The molecule has 0 atom stereocenters. The number of amides is 2. The topological polar surface area (TPSA) is 84.2 Å². The number of hydrogen-bond donors (Lipinski definition) is 3. The highest BCUT2D eigenvalue weighted by Gasteiger charge is 2.12. The van der Waals surface area contributed by atoms with E-state index < -0.39 is 11.7 Å². The molecule has 0 saturated carbocycles. The van der Waals surface area contributed by atoms with Crippen LogP contribution in [0, 0.1) is 17.7 Å². The lowest BCUT2D eigenvalue weighted by molar-refractivity contribution is -0.120. The van der Waals surface area contributed by atoms with Crippen LogP contribution in [0.5, 0.6) is 0 Å². The van der Waals surface area contributed by atoms with E-state index in [1.807, 2.05) is 0 Å². The van der Waals surface area contributed by atoms with Crippen molar-refractivity contribution in [2.24, 2.45) is 5.73 Å². The number of halogens is 1. The van der Waals surface area contributed by atoms with Gasteiger partial charge in [-0.25, -0.2) is 4.39 Å². The zero-order valence-electron chi connectivity index (χ0n) is 11.1. The second-order valence-electron chi connectivity index (χ2n) is 3.83. The number of rotatable bonds is 4. The Balaban J connectivity index is 2.84. The molecule has 0 spiro atoms. The molecule has 2 amide bonds. The molecular formula is C14H16FN3O2. The predicted octanol–water partition coefficient (Wildman–Crippen LogP) is 0.00180. The predicted molar refractivity (Wildman–Crippen MR) is 73.3 cm³/mol. The van der Waals surface area contributed by atoms with Gasteiger partial charge in [-0.2, -0.15) is 0 Å². The third-order valence-corrected chi connectivity index (χ3v) is 2.33. The molecule has 106 valence electrons. The van der Waals surface area contributed by atoms with Crippen LogP contribution < -0.4 is 16.4 Å². The second-order valence-corrected chi connectivity index (χ2v) is 3.83. The fraction of sp³-hybridized carbons (Fsp3) is 0.286. The van der Waals surface area contributed by atoms with Crippen molar-refractivity contribution in [2.45, 2.75) is 6.92 Å². The third kappa shape index (κ3) is 4.71. The average molecular weight is 277 g/mol. The molecule has 0 aliphatic rings. The fourth-order valence-corrected chi connectivity index (χ4v) is 1.48. The molecule has 1 aromatic carbocycles. The van der Waals surface area contributed by atoms with Crippen molar-refractivity contribution >= 4 is 11.8 Å². The lowest BCUT2D eigenvalue weighted by Gasteiger charge is -2.07. The molecule has 6 heteroatoms. The van der Waals surface area contributed by atoms with Crippen LogP contribution in [0.3, 0.4) is 0 Å². The first-order valence-corrected chi connectivity index (χ1v) is 6.11. The number of carbonyl (C=O) groups excluding carboxylic acids is 2. The molecule has 5 nitrogen and oxygen atoms in total. The van der Waals surface area contributed by atoms with E-state index in [1.54, 1.807) is 6.92 Å². The van der Waals surface area contributed by atoms with Gasteiger partial charge < -0.3 is 16.4 Å². The Hall–Kier alpha value is -2.39. The molecule has 4 N–H and O–H groups in total. The minimum Gasteiger partial charge on any atom is -0.355 e. The Morgan fingerprint density at radius 1 is 1.35 bits per heavy atom. The maximum absolute atomic E-state index is 13.2. The van der Waals surface area contributed by atoms with Crippen LogP contribution in [0.1, 0.15) is 22.8 Å². The first-order chi connectivity index (χ1) is 9.58. The highest BCUT2D eigenvalue weighted by atomic mass is 19.1. The summed E-state index contributed by atoms with van der Waals surface area (Å²) >= 11 is 0. The van der Waals surface area contributed by atoms with Crippen molar-refractivity contribution in [1.29, 1.82) is 0 Å². The van der Waals surface area contributed by atoms with Gasteiger partial charge in [0.15, 0.2) is 0 Å². The minimum absolute atomic E-state index is 0.108. The third-order valence-electron chi connectivity index (χ3n) is 2.33. The summed E-state index contributed by atoms with van der Waals surface area (Å²) in [5.41, 5.74) is 5.70. The summed E-state index contributed by atoms with van der Waals surface area (Å²) in [4.78, 5) is 23.2. The zero-order chi connectivity index (χ0) is 15.0. The second kappa shape index (κ2) is 7.92. The van der Waals surface area contributed by atoms with Crippen molar-refractivity contribution in [3.8, 4) is 11.8 Å². The molecular weight excluding hydrogens is 261 g/mol. The Labute approximate surface area is 116 Å². The normalized spacial score (nSPS) is 9.35. The number of benzene rings is 1. The minimum atomic E-state index is -0.494. The summed E-state index contributed by atoms with van der Waals surface area (Å²) < 4.78 is 13.2. The summed E-state index contributed by atoms with van der Waals surface area (Å²) in [6.07, 6.45) is 0. The van der Waals surface area contributed by atoms with Gasteiger partial charge in [0.1, 0.15) is 5.82 Å². The Morgan fingerprint density at radius 2 is 2.10 bits per heavy atom. The smallest absolute Gasteiger partial charge is 0.252 e. The standard InChI is InChI=1S/C14H16FN3O2/c1-2-17-13(19)9-18-14(20)12-6-5-11(15)8-10(12)4-3-7-16/h5-6,8H,2,7,9,16H2,1H3,(H,17,19)(H,18,20). The van der Waals surface area contributed by atoms with Gasteiger partial charge in [0.05, 0.1) is 18.7 Å². The number of hydrogen-bond acceptors (Lipinski definition) is 3. The molecule has 1 aromatic rings. The summed E-state index contributed by atoms with van der Waals surface area (Å²) in [6.45, 7) is 2.23. The molecule has 0 aliphatic heterocycles. The Morgan fingerprint density at radius 3 is 2.75 bits per heavy atom. The number of carbonyl (C=O) groups is 2. The van der Waals surface area contributed by atoms with E-state index in [4.69, 9.17) is 5.73 Å². The van der Waals surface area contributed by atoms with Crippen molar-refractivity contribution in [3.63, 3.8) is 0 Å². The molecule has 0 aliphatic carbocycles. The summed E-state index contributed by atoms with van der Waals surface area (Å²) in [5, 5.41) is 5.00. The van der Waals surface area contributed by atoms with Gasteiger partial charge in [0.2, 0.25) is 5.91 Å². The molecule has 1 rings (SSSR count). The van der Waals surface area contributed by atoms with Crippen LogP contribution in [0.4, 0.5) is 4.39 Å². The quantitative estimate of drug-likeness (QED) is 0.677. The number of nitrogens with one attached hydrogen (secondary N) is 2. The van der Waals surface area contributed by atoms with E-state index in [0.29, 0.717) is 6.54 Å². The SMILES string of the molecule is CCNC(=O)CNC(=O)c1ccc(F)cc1C#CCN. The van der Waals surface area contributed by atoms with Crippen molar-refractivity contribution in [1.82, 2.24) is 10.6 Å². The van der Waals surface area contributed by atoms with Crippen molar-refractivity contribution < 1.29 is 14.0 Å². The van der Waals surface area contributed by atoms with Crippen LogP contribution in [-0.2, 0) is 4.79 Å². The van der Waals surface area contributed by atoms with Gasteiger partial charge in [-0.1, -0.05) is 11.8 Å². The molecule has 0 unspecified atom stereocenters. The summed E-state index contributed by atoms with van der Waals surface area (Å²) in [7, 11) is 0. The van der Waals surface area contributed by atoms with E-state index in [0.717, 1.165) is 12.1 Å². The van der Waals surface area contributed by atoms with E-state index in [2.05, 4.69) is 22.5 Å². The number of nitrogens with two attached hydrogens (primary N) is 1. The number of likely N-dealkylation sites (N-methyl/N-ethyl adjacent to an activating group) is 1. The maximum atomic E-state index is 13.2. The van der Waals surface area contributed by atoms with Gasteiger partial charge in [-0.15, -0.1) is 0 Å². The highest BCUT2D eigenvalue weighted by Crippen LogP contribution is 2.10. The first kappa shape index (κ1) is 15.7. The van der Waals surface area contributed by atoms with Crippen LogP contribution in [-0.4, -0.2) is 31.4 Å². The fourth-order valence-electron chi connectivity index (χ4n) is 1.48. The lowest BCUT2D eigenvalue weighted by atomic mass is 10.1. The zero-order valence-corrected chi connectivity index (χ0v) is 11.1. The molecule has 20 heavy (non-hydrogen) atoms. The maximum Gasteiger partial charge on any atom is 0.252 e. The van der Waals surface area contributed by atoms with Gasteiger partial charge in [-0.05, 0) is 25.1 Å². The van der Waals surface area contributed by atoms with Crippen LogP contribution in [0.15, 0.2) is 18.2 Å². The van der Waals surface area contributed by atoms with Crippen LogP contribution in [0.25, 0.3) is 0 Å². The van der Waals surface area contributed by atoms with E-state index >= 15 is 0 Å². The lowest BCUT2D eigenvalue weighted by Crippen LogP contribution is -2.37. The van der Waals surface area contributed by atoms with Gasteiger partial charge >= 0.3 is 0 Å². The molecule has 0 fully saturated rings. The van der Waals surface area contributed by atoms with E-state index in [-0.39, 0.29) is 30.1 Å². The van der Waals surface area contributed by atoms with E-state index in [1.165, 1.54) is 6.07 Å². The van der Waals surface area contributed by atoms with Crippen molar-refractivity contribution in [3.05, 3.63) is 35.1 Å². The largest absolute Gasteiger partial charge is 0.355 e. The molecule has 0 aromatic heterocycles. The Kier molecular flexibility index (Phi) is 6.20.